The first-order valence-electron chi connectivity index (χ1n) is 10.5. The number of thiazole rings is 1. The Morgan fingerprint density at radius 3 is 2.32 bits per heavy atom. The van der Waals surface area contributed by atoms with Crippen LogP contribution in [0.4, 0.5) is 16.9 Å². The number of rotatable bonds is 3. The predicted molar refractivity (Wildman–Crippen MR) is 115 cm³/mol. The molecule has 0 unspecified atom stereocenters. The van der Waals surface area contributed by atoms with Gasteiger partial charge in [-0.05, 0) is 38.8 Å². The number of hydrogen-bond acceptors (Lipinski definition) is 8. The molecule has 3 aliphatic rings. The van der Waals surface area contributed by atoms with Crippen LogP contribution in [0.2, 0.25) is 0 Å². The van der Waals surface area contributed by atoms with Gasteiger partial charge < -0.3 is 19.6 Å². The Balaban J connectivity index is 1.23. The Morgan fingerprint density at radius 1 is 0.821 bits per heavy atom. The van der Waals surface area contributed by atoms with Crippen molar-refractivity contribution in [1.29, 1.82) is 0 Å². The van der Waals surface area contributed by atoms with Crippen molar-refractivity contribution >= 4 is 28.2 Å². The third-order valence-electron chi connectivity index (χ3n) is 6.12. The molecule has 2 fully saturated rings. The molecule has 0 N–H and O–H groups in total. The van der Waals surface area contributed by atoms with Crippen LogP contribution in [0.25, 0.3) is 0 Å². The Hall–Kier alpha value is -1.93. The summed E-state index contributed by atoms with van der Waals surface area (Å²) in [5, 5.41) is 1.23. The smallest absolute Gasteiger partial charge is 0.227 e. The lowest BCUT2D eigenvalue weighted by atomic mass is 10.0. The Morgan fingerprint density at radius 2 is 1.54 bits per heavy atom. The molecule has 0 amide bonds. The van der Waals surface area contributed by atoms with E-state index >= 15 is 0 Å². The van der Waals surface area contributed by atoms with Gasteiger partial charge in [0, 0.05) is 63.4 Å². The van der Waals surface area contributed by atoms with Crippen molar-refractivity contribution in [3.05, 3.63) is 22.8 Å². The molecule has 7 nitrogen and oxygen atoms in total. The number of nitrogens with zero attached hydrogens (tertiary/aromatic N) is 7. The van der Waals surface area contributed by atoms with Crippen molar-refractivity contribution in [3.8, 4) is 0 Å². The quantitative estimate of drug-likeness (QED) is 0.781. The first-order valence-corrected chi connectivity index (χ1v) is 11.3. The van der Waals surface area contributed by atoms with Crippen LogP contribution in [0.5, 0.6) is 0 Å². The second-order valence-electron chi connectivity index (χ2n) is 8.05. The van der Waals surface area contributed by atoms with E-state index in [1.807, 2.05) is 17.5 Å². The summed E-state index contributed by atoms with van der Waals surface area (Å²) in [6.07, 6.45) is 6.93. The van der Waals surface area contributed by atoms with Gasteiger partial charge in [0.05, 0.1) is 5.69 Å². The zero-order valence-corrected chi connectivity index (χ0v) is 17.5. The van der Waals surface area contributed by atoms with Gasteiger partial charge in [-0.2, -0.15) is 4.98 Å². The highest BCUT2D eigenvalue weighted by atomic mass is 32.1. The predicted octanol–water partition coefficient (Wildman–Crippen LogP) is 1.89. The van der Waals surface area contributed by atoms with Gasteiger partial charge in [0.2, 0.25) is 5.95 Å². The van der Waals surface area contributed by atoms with Gasteiger partial charge in [-0.1, -0.05) is 0 Å². The monoisotopic (exact) mass is 399 g/mol. The first-order chi connectivity index (χ1) is 13.8. The summed E-state index contributed by atoms with van der Waals surface area (Å²) in [5.41, 5.74) is 1.36. The highest BCUT2D eigenvalue weighted by Crippen LogP contribution is 2.32. The molecule has 0 atom stereocenters. The average molecular weight is 400 g/mol. The molecule has 5 rings (SSSR count). The zero-order valence-electron chi connectivity index (χ0n) is 16.7. The molecule has 2 aromatic rings. The van der Waals surface area contributed by atoms with E-state index in [1.165, 1.54) is 41.4 Å². The van der Waals surface area contributed by atoms with E-state index in [0.717, 1.165) is 64.1 Å². The van der Waals surface area contributed by atoms with Crippen molar-refractivity contribution in [3.63, 3.8) is 0 Å². The second-order valence-corrected chi connectivity index (χ2v) is 9.11. The number of anilines is 3. The van der Waals surface area contributed by atoms with Crippen LogP contribution in [-0.2, 0) is 12.8 Å². The second kappa shape index (κ2) is 7.83. The Labute approximate surface area is 171 Å². The number of piperazine rings is 2. The molecule has 2 aliphatic heterocycles. The van der Waals surface area contributed by atoms with Crippen molar-refractivity contribution in [2.45, 2.75) is 25.7 Å². The van der Waals surface area contributed by atoms with E-state index < -0.39 is 0 Å². The lowest BCUT2D eigenvalue weighted by molar-refractivity contribution is 0.311. The summed E-state index contributed by atoms with van der Waals surface area (Å²) < 4.78 is 0. The topological polar surface area (TPSA) is 51.6 Å². The largest absolute Gasteiger partial charge is 0.353 e. The summed E-state index contributed by atoms with van der Waals surface area (Å²) in [4.78, 5) is 25.4. The maximum absolute atomic E-state index is 4.94. The Bertz CT molecular complexity index is 783. The average Bonchev–Trinajstić information content (AvgIpc) is 3.19. The van der Waals surface area contributed by atoms with Gasteiger partial charge in [-0.3, -0.25) is 0 Å². The van der Waals surface area contributed by atoms with Crippen LogP contribution in [0.3, 0.4) is 0 Å². The van der Waals surface area contributed by atoms with E-state index in [2.05, 4.69) is 37.7 Å². The van der Waals surface area contributed by atoms with Crippen LogP contribution < -0.4 is 14.7 Å². The van der Waals surface area contributed by atoms with Crippen LogP contribution in [-0.4, -0.2) is 79.3 Å². The number of aromatic nitrogens is 3. The zero-order chi connectivity index (χ0) is 18.9. The summed E-state index contributed by atoms with van der Waals surface area (Å²) in [6, 6.07) is 2.05. The molecule has 8 heteroatoms. The molecule has 0 spiro atoms. The molecule has 4 heterocycles. The van der Waals surface area contributed by atoms with E-state index in [4.69, 9.17) is 9.97 Å². The molecule has 0 radical (unpaired) electrons. The summed E-state index contributed by atoms with van der Waals surface area (Å²) in [7, 11) is 2.17. The molecule has 150 valence electrons. The van der Waals surface area contributed by atoms with E-state index in [9.17, 15) is 0 Å². The van der Waals surface area contributed by atoms with Crippen LogP contribution in [0.15, 0.2) is 12.3 Å². The maximum Gasteiger partial charge on any atom is 0.227 e. The molecular formula is C20H29N7S. The first kappa shape index (κ1) is 18.1. The van der Waals surface area contributed by atoms with Crippen LogP contribution in [0, 0.1) is 0 Å². The summed E-state index contributed by atoms with van der Waals surface area (Å²) in [6.45, 7) is 8.16. The van der Waals surface area contributed by atoms with E-state index in [-0.39, 0.29) is 0 Å². The maximum atomic E-state index is 4.94. The minimum Gasteiger partial charge on any atom is -0.353 e. The third-order valence-corrected chi connectivity index (χ3v) is 7.34. The normalized spacial score (nSPS) is 21.1. The van der Waals surface area contributed by atoms with Gasteiger partial charge in [0.25, 0.3) is 0 Å². The lowest BCUT2D eigenvalue weighted by Gasteiger charge is -2.36. The minimum atomic E-state index is 0.876. The molecule has 0 saturated carbocycles. The SMILES string of the molecule is CN1CCN(c2nccc(N3CCN(c4nc5c(s4)CCCC5)CC3)n2)CC1. The number of hydrogen-bond donors (Lipinski definition) is 0. The number of likely N-dealkylation sites (N-methyl/N-ethyl adjacent to an activating group) is 1. The van der Waals surface area contributed by atoms with Crippen molar-refractivity contribution in [2.75, 3.05) is 74.1 Å². The van der Waals surface area contributed by atoms with Crippen molar-refractivity contribution < 1.29 is 0 Å². The fourth-order valence-electron chi connectivity index (χ4n) is 4.27. The molecule has 0 bridgehead atoms. The number of aryl methyl sites for hydroxylation is 2. The molecule has 2 saturated heterocycles. The molecular weight excluding hydrogens is 370 g/mol. The van der Waals surface area contributed by atoms with Crippen LogP contribution in [0.1, 0.15) is 23.4 Å². The fraction of sp³-hybridized carbons (Fsp3) is 0.650. The fourth-order valence-corrected chi connectivity index (χ4v) is 5.47. The number of fused-ring (bicyclic) bond motifs is 1. The standard InChI is InChI=1S/C20H29N7S/c1-24-8-10-26(11-9-24)19-21-7-6-18(23-19)25-12-14-27(15-13-25)20-22-16-4-2-3-5-17(16)28-20/h6-7H,2-5,8-15H2,1H3. The van der Waals surface area contributed by atoms with E-state index in [0.29, 0.717) is 0 Å². The van der Waals surface area contributed by atoms with Gasteiger partial charge >= 0.3 is 0 Å². The van der Waals surface area contributed by atoms with E-state index in [1.54, 1.807) is 0 Å². The molecule has 1 aliphatic carbocycles. The van der Waals surface area contributed by atoms with Gasteiger partial charge in [0.1, 0.15) is 5.82 Å². The van der Waals surface area contributed by atoms with Gasteiger partial charge in [0.15, 0.2) is 5.13 Å². The highest BCUT2D eigenvalue weighted by Gasteiger charge is 2.24. The van der Waals surface area contributed by atoms with Gasteiger partial charge in [-0.25, -0.2) is 9.97 Å². The summed E-state index contributed by atoms with van der Waals surface area (Å²) in [5.74, 6) is 1.93. The highest BCUT2D eigenvalue weighted by molar-refractivity contribution is 7.15. The van der Waals surface area contributed by atoms with Crippen LogP contribution >= 0.6 is 11.3 Å². The minimum absolute atomic E-state index is 0.876. The molecule has 2 aromatic heterocycles. The third kappa shape index (κ3) is 3.67. The van der Waals surface area contributed by atoms with Gasteiger partial charge in [-0.15, -0.1) is 11.3 Å². The molecule has 28 heavy (non-hydrogen) atoms. The lowest BCUT2D eigenvalue weighted by Crippen LogP contribution is -2.47. The Kier molecular flexibility index (Phi) is 5.07. The van der Waals surface area contributed by atoms with Crippen molar-refractivity contribution in [2.24, 2.45) is 0 Å². The van der Waals surface area contributed by atoms with Crippen molar-refractivity contribution in [1.82, 2.24) is 19.9 Å². The summed E-state index contributed by atoms with van der Waals surface area (Å²) >= 11 is 1.92. The molecule has 0 aromatic carbocycles.